The number of methoxy groups -OCH3 is 1. The summed E-state index contributed by atoms with van der Waals surface area (Å²) >= 11 is 1.29. The van der Waals surface area contributed by atoms with Crippen molar-refractivity contribution in [2.24, 2.45) is 0 Å². The highest BCUT2D eigenvalue weighted by Crippen LogP contribution is 2.42. The van der Waals surface area contributed by atoms with Gasteiger partial charge in [-0.25, -0.2) is 4.68 Å². The Hall–Kier alpha value is -2.95. The standard InChI is InChI=1S/C17H14F3N5O2S/c1-27-12-8-25(11-4-2-3-10(7-11)17(18,19)20)24-13(12)14(26)21-16-23-22-15(28-16)9-5-6-9/h2-4,7-9H,5-6H2,1H3,(H,21,23,26). The fourth-order valence-corrected chi connectivity index (χ4v) is 3.47. The number of carbonyl (C=O) groups is 1. The Morgan fingerprint density at radius 2 is 2.11 bits per heavy atom. The lowest BCUT2D eigenvalue weighted by atomic mass is 10.2. The molecule has 2 aromatic heterocycles. The van der Waals surface area contributed by atoms with E-state index >= 15 is 0 Å². The molecule has 1 aliphatic carbocycles. The second-order valence-corrected chi connectivity index (χ2v) is 7.22. The summed E-state index contributed by atoms with van der Waals surface area (Å²) in [5, 5.41) is 15.9. The van der Waals surface area contributed by atoms with Crippen molar-refractivity contribution in [2.45, 2.75) is 24.9 Å². The molecule has 11 heteroatoms. The lowest BCUT2D eigenvalue weighted by Gasteiger charge is -2.08. The quantitative estimate of drug-likeness (QED) is 0.692. The number of alkyl halides is 3. The molecule has 0 saturated heterocycles. The number of hydrogen-bond donors (Lipinski definition) is 1. The molecule has 1 aromatic carbocycles. The second kappa shape index (κ2) is 6.89. The van der Waals surface area contributed by atoms with Gasteiger partial charge in [0.2, 0.25) is 5.13 Å². The van der Waals surface area contributed by atoms with Gasteiger partial charge in [-0.2, -0.15) is 18.3 Å². The minimum absolute atomic E-state index is 0.0666. The summed E-state index contributed by atoms with van der Waals surface area (Å²) < 4.78 is 45.1. The van der Waals surface area contributed by atoms with Crippen LogP contribution in [0.3, 0.4) is 0 Å². The number of halogens is 3. The van der Waals surface area contributed by atoms with Gasteiger partial charge in [0.25, 0.3) is 5.91 Å². The van der Waals surface area contributed by atoms with Gasteiger partial charge in [0, 0.05) is 5.92 Å². The topological polar surface area (TPSA) is 81.9 Å². The molecule has 146 valence electrons. The molecular formula is C17H14F3N5O2S. The zero-order valence-electron chi connectivity index (χ0n) is 14.5. The first-order valence-electron chi connectivity index (χ1n) is 8.31. The number of nitrogens with one attached hydrogen (secondary N) is 1. The Kier molecular flexibility index (Phi) is 4.53. The van der Waals surface area contributed by atoms with Crippen molar-refractivity contribution >= 4 is 22.4 Å². The van der Waals surface area contributed by atoms with Gasteiger partial charge in [-0.05, 0) is 31.0 Å². The number of hydrogen-bond acceptors (Lipinski definition) is 6. The number of benzene rings is 1. The number of anilines is 1. The van der Waals surface area contributed by atoms with Gasteiger partial charge in [0.1, 0.15) is 5.01 Å². The number of ether oxygens (including phenoxy) is 1. The smallest absolute Gasteiger partial charge is 0.416 e. The SMILES string of the molecule is COc1cn(-c2cccc(C(F)(F)F)c2)nc1C(=O)Nc1nnc(C2CC2)s1. The van der Waals surface area contributed by atoms with Crippen molar-refractivity contribution in [3.63, 3.8) is 0 Å². The summed E-state index contributed by atoms with van der Waals surface area (Å²) in [4.78, 5) is 12.6. The van der Waals surface area contributed by atoms with E-state index in [1.165, 1.54) is 41.5 Å². The first kappa shape index (κ1) is 18.4. The summed E-state index contributed by atoms with van der Waals surface area (Å²) in [5.41, 5.74) is -0.728. The van der Waals surface area contributed by atoms with E-state index in [-0.39, 0.29) is 17.1 Å². The highest BCUT2D eigenvalue weighted by atomic mass is 32.1. The molecule has 1 fully saturated rings. The van der Waals surface area contributed by atoms with E-state index in [2.05, 4.69) is 20.6 Å². The molecule has 0 unspecified atom stereocenters. The minimum Gasteiger partial charge on any atom is -0.493 e. The maximum atomic E-state index is 12.9. The van der Waals surface area contributed by atoms with E-state index in [1.54, 1.807) is 0 Å². The Morgan fingerprint density at radius 3 is 2.79 bits per heavy atom. The highest BCUT2D eigenvalue weighted by molar-refractivity contribution is 7.15. The van der Waals surface area contributed by atoms with Crippen molar-refractivity contribution < 1.29 is 22.7 Å². The second-order valence-electron chi connectivity index (χ2n) is 6.21. The van der Waals surface area contributed by atoms with Gasteiger partial charge in [-0.1, -0.05) is 17.4 Å². The molecule has 1 amide bonds. The number of nitrogens with zero attached hydrogens (tertiary/aromatic N) is 4. The minimum atomic E-state index is -4.48. The Balaban J connectivity index is 1.59. The maximum Gasteiger partial charge on any atom is 0.416 e. The Bertz CT molecular complexity index is 1030. The van der Waals surface area contributed by atoms with Crippen LogP contribution in [0.5, 0.6) is 5.75 Å². The van der Waals surface area contributed by atoms with Crippen molar-refractivity contribution in [1.29, 1.82) is 0 Å². The summed E-state index contributed by atoms with van der Waals surface area (Å²) in [6.45, 7) is 0. The largest absolute Gasteiger partial charge is 0.493 e. The first-order chi connectivity index (χ1) is 13.3. The van der Waals surface area contributed by atoms with Crippen molar-refractivity contribution in [2.75, 3.05) is 12.4 Å². The summed E-state index contributed by atoms with van der Waals surface area (Å²) in [6.07, 6.45) is -1.000. The van der Waals surface area contributed by atoms with Gasteiger partial charge in [0.15, 0.2) is 11.4 Å². The number of rotatable bonds is 5. The van der Waals surface area contributed by atoms with Gasteiger partial charge in [0.05, 0.1) is 24.6 Å². The average Bonchev–Trinajstić information content (AvgIpc) is 3.25. The van der Waals surface area contributed by atoms with E-state index in [0.717, 1.165) is 30.0 Å². The van der Waals surface area contributed by atoms with Gasteiger partial charge >= 0.3 is 6.18 Å². The zero-order chi connectivity index (χ0) is 19.9. The molecule has 0 spiro atoms. The number of carbonyl (C=O) groups excluding carboxylic acids is 1. The van der Waals surface area contributed by atoms with Crippen LogP contribution in [0.2, 0.25) is 0 Å². The van der Waals surface area contributed by atoms with Crippen LogP contribution in [0.1, 0.15) is 39.8 Å². The fraction of sp³-hybridized carbons (Fsp3) is 0.294. The third-order valence-electron chi connectivity index (χ3n) is 4.14. The van der Waals surface area contributed by atoms with Crippen LogP contribution in [0.25, 0.3) is 5.69 Å². The van der Waals surface area contributed by atoms with Crippen LogP contribution in [-0.2, 0) is 6.18 Å². The Morgan fingerprint density at radius 1 is 1.32 bits per heavy atom. The third kappa shape index (κ3) is 3.70. The lowest BCUT2D eigenvalue weighted by molar-refractivity contribution is -0.137. The zero-order valence-corrected chi connectivity index (χ0v) is 15.3. The number of amides is 1. The molecule has 0 radical (unpaired) electrons. The molecule has 7 nitrogen and oxygen atoms in total. The molecule has 1 N–H and O–H groups in total. The van der Waals surface area contributed by atoms with E-state index in [9.17, 15) is 18.0 Å². The van der Waals surface area contributed by atoms with E-state index in [4.69, 9.17) is 4.74 Å². The fourth-order valence-electron chi connectivity index (χ4n) is 2.56. The normalized spacial score (nSPS) is 14.1. The molecule has 0 aliphatic heterocycles. The monoisotopic (exact) mass is 409 g/mol. The third-order valence-corrected chi connectivity index (χ3v) is 5.14. The molecule has 1 saturated carbocycles. The lowest BCUT2D eigenvalue weighted by Crippen LogP contribution is -2.14. The van der Waals surface area contributed by atoms with Crippen LogP contribution < -0.4 is 10.1 Å². The molecular weight excluding hydrogens is 395 g/mol. The molecule has 0 bridgehead atoms. The maximum absolute atomic E-state index is 12.9. The predicted octanol–water partition coefficient (Wildman–Crippen LogP) is 3.88. The van der Waals surface area contributed by atoms with Crippen LogP contribution in [0.4, 0.5) is 18.3 Å². The van der Waals surface area contributed by atoms with Gasteiger partial charge in [-0.15, -0.1) is 10.2 Å². The predicted molar refractivity (Wildman–Crippen MR) is 95.0 cm³/mol. The molecule has 3 aromatic rings. The van der Waals surface area contributed by atoms with Crippen molar-refractivity contribution in [3.8, 4) is 11.4 Å². The molecule has 4 rings (SSSR count). The van der Waals surface area contributed by atoms with Crippen LogP contribution in [0, 0.1) is 0 Å². The number of aromatic nitrogens is 4. The van der Waals surface area contributed by atoms with Gasteiger partial charge in [-0.3, -0.25) is 10.1 Å². The molecule has 28 heavy (non-hydrogen) atoms. The van der Waals surface area contributed by atoms with Crippen molar-refractivity contribution in [1.82, 2.24) is 20.0 Å². The summed E-state index contributed by atoms with van der Waals surface area (Å²) in [6, 6.07) is 4.63. The molecule has 2 heterocycles. The van der Waals surface area contributed by atoms with Gasteiger partial charge < -0.3 is 4.74 Å². The summed E-state index contributed by atoms with van der Waals surface area (Å²) in [7, 11) is 1.35. The summed E-state index contributed by atoms with van der Waals surface area (Å²) in [5.74, 6) is -0.0410. The van der Waals surface area contributed by atoms with E-state index in [0.29, 0.717) is 11.0 Å². The molecule has 1 aliphatic rings. The Labute approximate surface area is 161 Å². The van der Waals surface area contributed by atoms with E-state index in [1.807, 2.05) is 0 Å². The van der Waals surface area contributed by atoms with Crippen molar-refractivity contribution in [3.05, 3.63) is 46.7 Å². The van der Waals surface area contributed by atoms with Crippen LogP contribution >= 0.6 is 11.3 Å². The highest BCUT2D eigenvalue weighted by Gasteiger charge is 2.31. The average molecular weight is 409 g/mol. The van der Waals surface area contributed by atoms with E-state index < -0.39 is 17.6 Å². The molecule has 0 atom stereocenters. The van der Waals surface area contributed by atoms with Crippen LogP contribution in [-0.4, -0.2) is 33.0 Å². The van der Waals surface area contributed by atoms with Crippen LogP contribution in [0.15, 0.2) is 30.5 Å². The first-order valence-corrected chi connectivity index (χ1v) is 9.13.